The molecule has 0 spiro atoms. The van der Waals surface area contributed by atoms with E-state index in [1.54, 1.807) is 30.3 Å². The van der Waals surface area contributed by atoms with Gasteiger partial charge in [-0.1, -0.05) is 15.9 Å². The number of nitrogens with one attached hydrogen (secondary N) is 2. The van der Waals surface area contributed by atoms with Crippen molar-refractivity contribution in [2.75, 3.05) is 17.1 Å². The van der Waals surface area contributed by atoms with Crippen LogP contribution in [0.3, 0.4) is 0 Å². The minimum Gasteiger partial charge on any atom is -0.495 e. The van der Waals surface area contributed by atoms with Crippen molar-refractivity contribution in [3.05, 3.63) is 82.6 Å². The molecule has 0 unspecified atom stereocenters. The summed E-state index contributed by atoms with van der Waals surface area (Å²) in [6, 6.07) is 15.8. The molecule has 0 heterocycles. The van der Waals surface area contributed by atoms with Gasteiger partial charge in [-0.25, -0.2) is 12.8 Å². The average Bonchev–Trinajstić information content (AvgIpc) is 2.69. The third-order valence-corrected chi connectivity index (χ3v) is 5.84. The fraction of sp³-hybridized carbons (Fsp3) is 0.0500. The van der Waals surface area contributed by atoms with Crippen LogP contribution in [0.4, 0.5) is 15.8 Å². The second kappa shape index (κ2) is 8.62. The molecule has 0 aromatic heterocycles. The standard InChI is InChI=1S/C20H16BrFN2O4S/c1-28-19-11-8-16(23-20(25)13-2-4-14(21)5-3-13)12-18(19)24-29(26,27)17-9-6-15(22)7-10-17/h2-12,24H,1H3,(H,23,25). The molecule has 9 heteroatoms. The third kappa shape index (κ3) is 5.12. The predicted molar refractivity (Wildman–Crippen MR) is 112 cm³/mol. The minimum atomic E-state index is -3.98. The Labute approximate surface area is 175 Å². The molecule has 0 saturated heterocycles. The maximum atomic E-state index is 13.1. The highest BCUT2D eigenvalue weighted by Gasteiger charge is 2.17. The lowest BCUT2D eigenvalue weighted by Crippen LogP contribution is -2.15. The molecular weight excluding hydrogens is 463 g/mol. The number of sulfonamides is 1. The number of carbonyl (C=O) groups excluding carboxylic acids is 1. The highest BCUT2D eigenvalue weighted by molar-refractivity contribution is 9.10. The van der Waals surface area contributed by atoms with E-state index in [4.69, 9.17) is 4.74 Å². The molecule has 0 aliphatic carbocycles. The number of hydrogen-bond acceptors (Lipinski definition) is 4. The summed E-state index contributed by atoms with van der Waals surface area (Å²) >= 11 is 3.31. The molecule has 6 nitrogen and oxygen atoms in total. The fourth-order valence-corrected chi connectivity index (χ4v) is 3.81. The van der Waals surface area contributed by atoms with Gasteiger partial charge in [0.25, 0.3) is 15.9 Å². The van der Waals surface area contributed by atoms with E-state index in [-0.39, 0.29) is 22.2 Å². The van der Waals surface area contributed by atoms with Gasteiger partial charge in [-0.2, -0.15) is 0 Å². The van der Waals surface area contributed by atoms with E-state index in [1.165, 1.54) is 19.2 Å². The zero-order valence-corrected chi connectivity index (χ0v) is 17.6. The van der Waals surface area contributed by atoms with E-state index in [9.17, 15) is 17.6 Å². The van der Waals surface area contributed by atoms with E-state index < -0.39 is 15.8 Å². The van der Waals surface area contributed by atoms with Crippen LogP contribution in [-0.2, 0) is 10.0 Å². The summed E-state index contributed by atoms with van der Waals surface area (Å²) in [6.07, 6.45) is 0. The van der Waals surface area contributed by atoms with Gasteiger partial charge in [0.15, 0.2) is 0 Å². The molecule has 3 aromatic carbocycles. The van der Waals surface area contributed by atoms with Gasteiger partial charge < -0.3 is 10.1 Å². The van der Waals surface area contributed by atoms with E-state index in [2.05, 4.69) is 26.0 Å². The molecule has 0 fully saturated rings. The molecule has 0 bridgehead atoms. The van der Waals surface area contributed by atoms with Crippen molar-refractivity contribution in [1.29, 1.82) is 0 Å². The van der Waals surface area contributed by atoms with Crippen molar-refractivity contribution in [2.24, 2.45) is 0 Å². The van der Waals surface area contributed by atoms with Gasteiger partial charge in [-0.15, -0.1) is 0 Å². The Hall–Kier alpha value is -2.91. The molecule has 0 saturated carbocycles. The van der Waals surface area contributed by atoms with Crippen LogP contribution >= 0.6 is 15.9 Å². The van der Waals surface area contributed by atoms with Crippen molar-refractivity contribution in [1.82, 2.24) is 0 Å². The van der Waals surface area contributed by atoms with Crippen molar-refractivity contribution >= 4 is 43.2 Å². The summed E-state index contributed by atoms with van der Waals surface area (Å²) in [5.41, 5.74) is 0.943. The number of hydrogen-bond donors (Lipinski definition) is 2. The van der Waals surface area contributed by atoms with Crippen LogP contribution in [0.25, 0.3) is 0 Å². The van der Waals surface area contributed by atoms with Gasteiger partial charge in [-0.3, -0.25) is 9.52 Å². The molecule has 3 rings (SSSR count). The van der Waals surface area contributed by atoms with Crippen LogP contribution in [0.1, 0.15) is 10.4 Å². The maximum absolute atomic E-state index is 13.1. The maximum Gasteiger partial charge on any atom is 0.262 e. The second-order valence-electron chi connectivity index (χ2n) is 5.94. The normalized spacial score (nSPS) is 11.0. The highest BCUT2D eigenvalue weighted by atomic mass is 79.9. The molecule has 3 aromatic rings. The Morgan fingerprint density at radius 3 is 2.28 bits per heavy atom. The van der Waals surface area contributed by atoms with Crippen molar-refractivity contribution in [3.8, 4) is 5.75 Å². The number of carbonyl (C=O) groups is 1. The topological polar surface area (TPSA) is 84.5 Å². The van der Waals surface area contributed by atoms with E-state index >= 15 is 0 Å². The van der Waals surface area contributed by atoms with Crippen LogP contribution in [0.5, 0.6) is 5.75 Å². The lowest BCUT2D eigenvalue weighted by atomic mass is 10.2. The summed E-state index contributed by atoms with van der Waals surface area (Å²) in [5, 5.41) is 2.71. The number of rotatable bonds is 6. The molecule has 0 atom stereocenters. The molecule has 0 aliphatic rings. The minimum absolute atomic E-state index is 0.106. The van der Waals surface area contributed by atoms with Crippen molar-refractivity contribution < 1.29 is 22.3 Å². The number of halogens is 2. The monoisotopic (exact) mass is 478 g/mol. The van der Waals surface area contributed by atoms with Crippen LogP contribution in [0.2, 0.25) is 0 Å². The fourth-order valence-electron chi connectivity index (χ4n) is 2.49. The van der Waals surface area contributed by atoms with Crippen LogP contribution in [0, 0.1) is 5.82 Å². The molecule has 0 aliphatic heterocycles. The third-order valence-electron chi connectivity index (χ3n) is 3.93. The van der Waals surface area contributed by atoms with Gasteiger partial charge in [0, 0.05) is 15.7 Å². The lowest BCUT2D eigenvalue weighted by Gasteiger charge is -2.14. The number of anilines is 2. The van der Waals surface area contributed by atoms with Gasteiger partial charge in [0.05, 0.1) is 17.7 Å². The Morgan fingerprint density at radius 1 is 1.00 bits per heavy atom. The second-order valence-corrected chi connectivity index (χ2v) is 8.53. The summed E-state index contributed by atoms with van der Waals surface area (Å²) in [4.78, 5) is 12.3. The number of amides is 1. The zero-order chi connectivity index (χ0) is 21.0. The highest BCUT2D eigenvalue weighted by Crippen LogP contribution is 2.30. The average molecular weight is 479 g/mol. The first kappa shape index (κ1) is 20.8. The summed E-state index contributed by atoms with van der Waals surface area (Å²) in [5.74, 6) is -0.633. The summed E-state index contributed by atoms with van der Waals surface area (Å²) in [6.45, 7) is 0. The molecule has 0 radical (unpaired) electrons. The number of ether oxygens (including phenoxy) is 1. The first-order valence-corrected chi connectivity index (χ1v) is 10.6. The molecule has 1 amide bonds. The van der Waals surface area contributed by atoms with Crippen LogP contribution < -0.4 is 14.8 Å². The van der Waals surface area contributed by atoms with Gasteiger partial charge in [-0.05, 0) is 66.7 Å². The molecule has 29 heavy (non-hydrogen) atoms. The van der Waals surface area contributed by atoms with Gasteiger partial charge in [0.2, 0.25) is 0 Å². The molecule has 2 N–H and O–H groups in total. The largest absolute Gasteiger partial charge is 0.495 e. The Balaban J connectivity index is 1.86. The van der Waals surface area contributed by atoms with Crippen molar-refractivity contribution in [2.45, 2.75) is 4.90 Å². The van der Waals surface area contributed by atoms with E-state index in [0.717, 1.165) is 28.7 Å². The van der Waals surface area contributed by atoms with Crippen LogP contribution in [0.15, 0.2) is 76.1 Å². The SMILES string of the molecule is COc1ccc(NC(=O)c2ccc(Br)cc2)cc1NS(=O)(=O)c1ccc(F)cc1. The van der Waals surface area contributed by atoms with E-state index in [1.807, 2.05) is 0 Å². The molecule has 150 valence electrons. The Bertz CT molecular complexity index is 1130. The summed E-state index contributed by atoms with van der Waals surface area (Å²) < 4.78 is 46.7. The van der Waals surface area contributed by atoms with Crippen LogP contribution in [-0.4, -0.2) is 21.4 Å². The zero-order valence-electron chi connectivity index (χ0n) is 15.1. The smallest absolute Gasteiger partial charge is 0.262 e. The van der Waals surface area contributed by atoms with Gasteiger partial charge in [0.1, 0.15) is 11.6 Å². The predicted octanol–water partition coefficient (Wildman–Crippen LogP) is 4.65. The first-order chi connectivity index (χ1) is 13.8. The Kier molecular flexibility index (Phi) is 6.19. The first-order valence-electron chi connectivity index (χ1n) is 8.32. The van der Waals surface area contributed by atoms with Gasteiger partial charge >= 0.3 is 0 Å². The Morgan fingerprint density at radius 2 is 1.66 bits per heavy atom. The number of benzene rings is 3. The molecular formula is C20H16BrFN2O4S. The lowest BCUT2D eigenvalue weighted by molar-refractivity contribution is 0.102. The van der Waals surface area contributed by atoms with E-state index in [0.29, 0.717) is 11.3 Å². The quantitative estimate of drug-likeness (QED) is 0.539. The summed E-state index contributed by atoms with van der Waals surface area (Å²) in [7, 11) is -2.59. The number of methoxy groups -OCH3 is 1. The van der Waals surface area contributed by atoms with Crippen molar-refractivity contribution in [3.63, 3.8) is 0 Å².